The molecule has 1 aromatic rings. The average Bonchev–Trinajstić information content (AvgIpc) is 2.43. The summed E-state index contributed by atoms with van der Waals surface area (Å²) in [5, 5.41) is 0. The molecular formula is C18H32IN. The Balaban J connectivity index is 0.00000361. The second-order valence-corrected chi connectivity index (χ2v) is 5.80. The molecule has 0 spiro atoms. The van der Waals surface area contributed by atoms with Crippen LogP contribution in [0.25, 0.3) is 0 Å². The number of rotatable bonds is 11. The van der Waals surface area contributed by atoms with Crippen LogP contribution in [0.5, 0.6) is 0 Å². The Morgan fingerprint density at radius 3 is 1.70 bits per heavy atom. The Bertz CT molecular complexity index is 308. The summed E-state index contributed by atoms with van der Waals surface area (Å²) in [6, 6.07) is 4.38. The highest BCUT2D eigenvalue weighted by molar-refractivity contribution is 5.03. The molecule has 116 valence electrons. The molecule has 0 amide bonds. The molecule has 2 heteroatoms. The van der Waals surface area contributed by atoms with Crippen molar-refractivity contribution in [2.75, 3.05) is 0 Å². The van der Waals surface area contributed by atoms with E-state index >= 15 is 0 Å². The predicted molar refractivity (Wildman–Crippen MR) is 83.2 cm³/mol. The monoisotopic (exact) mass is 389 g/mol. The molecule has 0 aliphatic rings. The minimum Gasteiger partial charge on any atom is -1.00 e. The lowest BCUT2D eigenvalue weighted by Crippen LogP contribution is -3.00. The van der Waals surface area contributed by atoms with Crippen LogP contribution in [-0.4, -0.2) is 0 Å². The van der Waals surface area contributed by atoms with Gasteiger partial charge in [-0.1, -0.05) is 58.3 Å². The van der Waals surface area contributed by atoms with E-state index in [1.807, 2.05) is 0 Å². The van der Waals surface area contributed by atoms with Crippen LogP contribution in [0.2, 0.25) is 0 Å². The molecule has 0 fully saturated rings. The van der Waals surface area contributed by atoms with Gasteiger partial charge in [-0.05, 0) is 18.9 Å². The second kappa shape index (κ2) is 13.8. The Labute approximate surface area is 143 Å². The van der Waals surface area contributed by atoms with E-state index in [-0.39, 0.29) is 24.0 Å². The van der Waals surface area contributed by atoms with Gasteiger partial charge in [0.2, 0.25) is 0 Å². The Kier molecular flexibility index (Phi) is 13.8. The maximum atomic E-state index is 2.30. The second-order valence-electron chi connectivity index (χ2n) is 5.80. The van der Waals surface area contributed by atoms with Gasteiger partial charge in [-0.3, -0.25) is 0 Å². The van der Waals surface area contributed by atoms with E-state index in [0.717, 1.165) is 0 Å². The number of hydrogen-bond acceptors (Lipinski definition) is 0. The van der Waals surface area contributed by atoms with E-state index in [4.69, 9.17) is 0 Å². The van der Waals surface area contributed by atoms with Gasteiger partial charge < -0.3 is 24.0 Å². The van der Waals surface area contributed by atoms with Crippen LogP contribution in [-0.2, 0) is 6.54 Å². The molecule has 0 radical (unpaired) electrons. The van der Waals surface area contributed by atoms with Crippen LogP contribution in [0.1, 0.15) is 76.7 Å². The van der Waals surface area contributed by atoms with Crippen LogP contribution in [0.15, 0.2) is 24.5 Å². The molecule has 0 saturated carbocycles. The predicted octanol–water partition coefficient (Wildman–Crippen LogP) is 2.21. The average molecular weight is 389 g/mol. The molecule has 0 N–H and O–H groups in total. The fraction of sp³-hybridized carbons (Fsp3) is 0.722. The number of halogens is 1. The van der Waals surface area contributed by atoms with Crippen molar-refractivity contribution in [1.82, 2.24) is 0 Å². The molecule has 0 saturated heterocycles. The van der Waals surface area contributed by atoms with Gasteiger partial charge in [0.05, 0.1) is 0 Å². The van der Waals surface area contributed by atoms with Crippen LogP contribution in [0, 0.1) is 6.92 Å². The molecule has 0 atom stereocenters. The smallest absolute Gasteiger partial charge is 0.169 e. The van der Waals surface area contributed by atoms with Gasteiger partial charge in [-0.15, -0.1) is 0 Å². The van der Waals surface area contributed by atoms with Gasteiger partial charge in [0.1, 0.15) is 6.54 Å². The first-order valence-corrected chi connectivity index (χ1v) is 8.28. The third kappa shape index (κ3) is 10.6. The highest BCUT2D eigenvalue weighted by atomic mass is 127. The lowest BCUT2D eigenvalue weighted by molar-refractivity contribution is -0.697. The standard InChI is InChI=1S/C18H32N.HI/c1-3-4-5-6-7-8-9-10-11-12-15-19-16-13-18(2)14-17-19;/h13-14,16-17H,3-12,15H2,1-2H3;1H/q+1;/p-1. The van der Waals surface area contributed by atoms with Crippen LogP contribution in [0.3, 0.4) is 0 Å². The first-order chi connectivity index (χ1) is 9.33. The van der Waals surface area contributed by atoms with E-state index in [1.54, 1.807) is 0 Å². The molecule has 0 aliphatic carbocycles. The topological polar surface area (TPSA) is 3.88 Å². The number of nitrogens with zero attached hydrogens (tertiary/aromatic N) is 1. The number of unbranched alkanes of at least 4 members (excludes halogenated alkanes) is 9. The van der Waals surface area contributed by atoms with Crippen LogP contribution in [0.4, 0.5) is 0 Å². The van der Waals surface area contributed by atoms with Gasteiger partial charge in [0, 0.05) is 18.6 Å². The molecular weight excluding hydrogens is 357 g/mol. The fourth-order valence-corrected chi connectivity index (χ4v) is 2.46. The van der Waals surface area contributed by atoms with Crippen molar-refractivity contribution in [1.29, 1.82) is 0 Å². The van der Waals surface area contributed by atoms with Gasteiger partial charge in [-0.25, -0.2) is 4.57 Å². The maximum absolute atomic E-state index is 2.30. The van der Waals surface area contributed by atoms with Crippen molar-refractivity contribution in [2.24, 2.45) is 0 Å². The molecule has 20 heavy (non-hydrogen) atoms. The lowest BCUT2D eigenvalue weighted by Gasteiger charge is -2.01. The summed E-state index contributed by atoms with van der Waals surface area (Å²) in [7, 11) is 0. The third-order valence-corrected chi connectivity index (χ3v) is 3.83. The fourth-order valence-electron chi connectivity index (χ4n) is 2.46. The normalized spacial score (nSPS) is 10.3. The molecule has 0 aromatic carbocycles. The molecule has 0 unspecified atom stereocenters. The zero-order valence-electron chi connectivity index (χ0n) is 13.4. The van der Waals surface area contributed by atoms with Gasteiger partial charge >= 0.3 is 0 Å². The highest BCUT2D eigenvalue weighted by Gasteiger charge is 1.99. The first kappa shape index (κ1) is 19.9. The summed E-state index contributed by atoms with van der Waals surface area (Å²) in [5.74, 6) is 0. The van der Waals surface area contributed by atoms with Crippen molar-refractivity contribution in [2.45, 2.75) is 84.6 Å². The zero-order valence-corrected chi connectivity index (χ0v) is 15.6. The Hall–Kier alpha value is -0.120. The summed E-state index contributed by atoms with van der Waals surface area (Å²) in [5.41, 5.74) is 1.35. The maximum Gasteiger partial charge on any atom is 0.169 e. The minimum atomic E-state index is 0. The van der Waals surface area contributed by atoms with Crippen molar-refractivity contribution < 1.29 is 28.5 Å². The van der Waals surface area contributed by atoms with E-state index in [1.165, 1.54) is 76.3 Å². The van der Waals surface area contributed by atoms with Crippen molar-refractivity contribution in [3.63, 3.8) is 0 Å². The molecule has 0 bridgehead atoms. The summed E-state index contributed by atoms with van der Waals surface area (Å²) in [6.45, 7) is 5.60. The number of aryl methyl sites for hydroxylation is 2. The zero-order chi connectivity index (χ0) is 13.8. The van der Waals surface area contributed by atoms with Crippen LogP contribution >= 0.6 is 0 Å². The van der Waals surface area contributed by atoms with E-state index in [0.29, 0.717) is 0 Å². The number of hydrogen-bond donors (Lipinski definition) is 0. The quantitative estimate of drug-likeness (QED) is 0.311. The van der Waals surface area contributed by atoms with Crippen LogP contribution < -0.4 is 28.5 Å². The molecule has 1 heterocycles. The third-order valence-electron chi connectivity index (χ3n) is 3.83. The molecule has 1 aromatic heterocycles. The van der Waals surface area contributed by atoms with Gasteiger partial charge in [0.25, 0.3) is 0 Å². The SMILES string of the molecule is CCCCCCCCCCCC[n+]1ccc(C)cc1.[I-]. The number of pyridine rings is 1. The van der Waals surface area contributed by atoms with Crippen molar-refractivity contribution >= 4 is 0 Å². The highest BCUT2D eigenvalue weighted by Crippen LogP contribution is 2.10. The minimum absolute atomic E-state index is 0. The largest absolute Gasteiger partial charge is 1.00 e. The molecule has 1 nitrogen and oxygen atoms in total. The Morgan fingerprint density at radius 2 is 1.20 bits per heavy atom. The van der Waals surface area contributed by atoms with Gasteiger partial charge in [0.15, 0.2) is 12.4 Å². The van der Waals surface area contributed by atoms with Gasteiger partial charge in [-0.2, -0.15) is 0 Å². The summed E-state index contributed by atoms with van der Waals surface area (Å²) in [6.07, 6.45) is 18.5. The number of aromatic nitrogens is 1. The van der Waals surface area contributed by atoms with Crippen molar-refractivity contribution in [3.05, 3.63) is 30.1 Å². The van der Waals surface area contributed by atoms with E-state index < -0.39 is 0 Å². The molecule has 0 aliphatic heterocycles. The Morgan fingerprint density at radius 1 is 0.750 bits per heavy atom. The lowest BCUT2D eigenvalue weighted by atomic mass is 10.1. The summed E-state index contributed by atoms with van der Waals surface area (Å²) < 4.78 is 2.30. The summed E-state index contributed by atoms with van der Waals surface area (Å²) in [4.78, 5) is 0. The van der Waals surface area contributed by atoms with E-state index in [2.05, 4.69) is 42.9 Å². The summed E-state index contributed by atoms with van der Waals surface area (Å²) >= 11 is 0. The molecule has 1 rings (SSSR count). The first-order valence-electron chi connectivity index (χ1n) is 8.28. The van der Waals surface area contributed by atoms with Crippen molar-refractivity contribution in [3.8, 4) is 0 Å². The van der Waals surface area contributed by atoms with E-state index in [9.17, 15) is 0 Å².